The fourth-order valence-corrected chi connectivity index (χ4v) is 4.44. The largest absolute Gasteiger partial charge is 0.454 e. The topological polar surface area (TPSA) is 114 Å². The number of nitrogen functional groups attached to an aromatic ring is 1. The molecule has 0 bridgehead atoms. The Balaban J connectivity index is 1.46. The number of halogens is 1. The lowest BCUT2D eigenvalue weighted by atomic mass is 10.1. The van der Waals surface area contributed by atoms with Gasteiger partial charge in [0.05, 0.1) is 12.1 Å². The van der Waals surface area contributed by atoms with Crippen LogP contribution in [0.3, 0.4) is 0 Å². The van der Waals surface area contributed by atoms with Crippen LogP contribution in [0.4, 0.5) is 5.82 Å². The van der Waals surface area contributed by atoms with Crippen molar-refractivity contribution in [1.82, 2.24) is 15.0 Å². The number of rotatable bonds is 5. The van der Waals surface area contributed by atoms with Gasteiger partial charge < -0.3 is 20.2 Å². The lowest BCUT2D eigenvalue weighted by Crippen LogP contribution is -2.36. The summed E-state index contributed by atoms with van der Waals surface area (Å²) in [6, 6.07) is 13.4. The van der Waals surface area contributed by atoms with Gasteiger partial charge in [-0.25, -0.2) is 4.57 Å². The molecule has 0 aliphatic carbocycles. The highest BCUT2D eigenvalue weighted by Crippen LogP contribution is 2.40. The van der Waals surface area contributed by atoms with E-state index in [0.717, 1.165) is 17.0 Å². The second-order valence-corrected chi connectivity index (χ2v) is 8.26. The molecule has 5 rings (SSSR count). The predicted molar refractivity (Wildman–Crippen MR) is 115 cm³/mol. The molecule has 154 valence electrons. The van der Waals surface area contributed by atoms with Gasteiger partial charge in [0.1, 0.15) is 6.07 Å². The van der Waals surface area contributed by atoms with Gasteiger partial charge in [-0.2, -0.15) is 5.26 Å². The molecule has 3 heterocycles. The third kappa shape index (κ3) is 3.71. The van der Waals surface area contributed by atoms with Gasteiger partial charge in [-0.15, -0.1) is 0 Å². The molecule has 3 N–H and O–H groups in total. The van der Waals surface area contributed by atoms with Crippen molar-refractivity contribution in [3.8, 4) is 17.6 Å². The smallest absolute Gasteiger partial charge is 0.294 e. The molecule has 4 aromatic rings. The molecule has 1 aliphatic rings. The van der Waals surface area contributed by atoms with E-state index in [0.29, 0.717) is 50.6 Å². The summed E-state index contributed by atoms with van der Waals surface area (Å²) in [5.74, 6) is 1.53. The minimum absolute atomic E-state index is 0.145. The molecule has 0 spiro atoms. The van der Waals surface area contributed by atoms with Gasteiger partial charge in [0.15, 0.2) is 17.0 Å². The maximum atomic E-state index is 9.52. The molecule has 0 fully saturated rings. The van der Waals surface area contributed by atoms with Gasteiger partial charge in [0.2, 0.25) is 24.1 Å². The first-order chi connectivity index (χ1) is 15.1. The zero-order valence-corrected chi connectivity index (χ0v) is 17.7. The number of imidazole rings is 1. The first-order valence-corrected chi connectivity index (χ1v) is 10.6. The molecule has 31 heavy (non-hydrogen) atoms. The Labute approximate surface area is 186 Å². The number of hydrogen-bond donors (Lipinski definition) is 2. The Hall–Kier alpha value is -3.48. The van der Waals surface area contributed by atoms with Crippen LogP contribution in [0.25, 0.3) is 11.2 Å². The molecule has 0 radical (unpaired) electrons. The zero-order valence-electron chi connectivity index (χ0n) is 16.1. The number of nitrogens with two attached hydrogens (primary N) is 1. The van der Waals surface area contributed by atoms with Gasteiger partial charge in [-0.3, -0.25) is 0 Å². The zero-order chi connectivity index (χ0) is 21.4. The van der Waals surface area contributed by atoms with Crippen LogP contribution in [0.15, 0.2) is 52.8 Å². The molecule has 0 unspecified atom stereocenters. The van der Waals surface area contributed by atoms with E-state index < -0.39 is 0 Å². The van der Waals surface area contributed by atoms with E-state index in [1.165, 1.54) is 11.8 Å². The quantitative estimate of drug-likeness (QED) is 0.446. The number of nitrogens with one attached hydrogen (secondary N) is 1. The Morgan fingerprint density at radius 2 is 2.06 bits per heavy atom. The molecular weight excluding hydrogens is 436 g/mol. The van der Waals surface area contributed by atoms with Gasteiger partial charge in [0, 0.05) is 22.4 Å². The van der Waals surface area contributed by atoms with Crippen LogP contribution >= 0.6 is 23.4 Å². The summed E-state index contributed by atoms with van der Waals surface area (Å²) < 4.78 is 12.7. The number of benzene rings is 2. The number of aryl methyl sites for hydroxylation is 2. The molecule has 2 aromatic heterocycles. The molecule has 0 saturated carbocycles. The van der Waals surface area contributed by atoms with Crippen molar-refractivity contribution in [1.29, 1.82) is 5.26 Å². The predicted octanol–water partition coefficient (Wildman–Crippen LogP) is 3.48. The van der Waals surface area contributed by atoms with Crippen LogP contribution in [-0.4, -0.2) is 21.7 Å². The number of nitriles is 1. The highest BCUT2D eigenvalue weighted by atomic mass is 35.5. The maximum Gasteiger partial charge on any atom is 0.294 e. The van der Waals surface area contributed by atoms with Gasteiger partial charge >= 0.3 is 0 Å². The Morgan fingerprint density at radius 1 is 1.26 bits per heavy atom. The molecule has 0 atom stereocenters. The molecule has 0 amide bonds. The Bertz CT molecular complexity index is 1350. The number of nitrogens with zero attached hydrogens (tertiary/aromatic N) is 4. The van der Waals surface area contributed by atoms with Gasteiger partial charge in [-0.1, -0.05) is 39.8 Å². The fraction of sp³-hybridized carbons (Fsp3) is 0.143. The third-order valence-corrected chi connectivity index (χ3v) is 6.22. The Morgan fingerprint density at radius 3 is 2.87 bits per heavy atom. The van der Waals surface area contributed by atoms with Crippen LogP contribution in [-0.2, 0) is 13.0 Å². The van der Waals surface area contributed by atoms with Crippen molar-refractivity contribution >= 4 is 40.3 Å². The van der Waals surface area contributed by atoms with E-state index in [1.807, 2.05) is 28.8 Å². The van der Waals surface area contributed by atoms with Crippen LogP contribution in [0.2, 0.25) is 5.02 Å². The normalized spacial score (nSPS) is 12.3. The summed E-state index contributed by atoms with van der Waals surface area (Å²) in [7, 11) is 0. The van der Waals surface area contributed by atoms with E-state index in [9.17, 15) is 5.26 Å². The Kier molecular flexibility index (Phi) is 5.02. The second kappa shape index (κ2) is 7.98. The summed E-state index contributed by atoms with van der Waals surface area (Å²) in [6.45, 7) is 0.780. The summed E-state index contributed by atoms with van der Waals surface area (Å²) in [6.07, 6.45) is 2.40. The number of aromatic amines is 1. The maximum absolute atomic E-state index is 9.52. The average molecular weight is 452 g/mol. The van der Waals surface area contributed by atoms with Crippen LogP contribution in [0, 0.1) is 11.3 Å². The van der Waals surface area contributed by atoms with E-state index in [2.05, 4.69) is 16.0 Å². The lowest BCUT2D eigenvalue weighted by Gasteiger charge is -2.04. The summed E-state index contributed by atoms with van der Waals surface area (Å²) in [5.41, 5.74) is 8.93. The molecule has 8 nitrogen and oxygen atoms in total. The van der Waals surface area contributed by atoms with Gasteiger partial charge in [0.25, 0.3) is 5.65 Å². The highest BCUT2D eigenvalue weighted by molar-refractivity contribution is 7.99. The number of anilines is 1. The third-order valence-electron chi connectivity index (χ3n) is 4.91. The van der Waals surface area contributed by atoms with E-state index in [1.54, 1.807) is 18.5 Å². The SMILES string of the molecule is N#Cc1cc2c(cc1Sc1nc3c([nH]1)c(N)nc[n+]3CCc1ccccc1Cl)OCO2. The fourth-order valence-electron chi connectivity index (χ4n) is 3.33. The number of H-pyrrole nitrogens is 1. The summed E-state index contributed by atoms with van der Waals surface area (Å²) in [4.78, 5) is 12.9. The van der Waals surface area contributed by atoms with Crippen molar-refractivity contribution in [3.63, 3.8) is 0 Å². The van der Waals surface area contributed by atoms with Crippen LogP contribution in [0.1, 0.15) is 11.1 Å². The second-order valence-electron chi connectivity index (χ2n) is 6.82. The van der Waals surface area contributed by atoms with Crippen molar-refractivity contribution in [2.45, 2.75) is 23.0 Å². The highest BCUT2D eigenvalue weighted by Gasteiger charge is 2.22. The van der Waals surface area contributed by atoms with Crippen molar-refractivity contribution in [2.75, 3.05) is 12.5 Å². The number of ether oxygens (including phenoxy) is 2. The number of aromatic nitrogens is 4. The monoisotopic (exact) mass is 451 g/mol. The van der Waals surface area contributed by atoms with Crippen LogP contribution < -0.4 is 19.8 Å². The van der Waals surface area contributed by atoms with E-state index in [4.69, 9.17) is 31.8 Å². The van der Waals surface area contributed by atoms with E-state index in [-0.39, 0.29) is 6.79 Å². The van der Waals surface area contributed by atoms with Gasteiger partial charge in [-0.05, 0) is 29.5 Å². The average Bonchev–Trinajstić information content (AvgIpc) is 3.41. The summed E-state index contributed by atoms with van der Waals surface area (Å²) in [5, 5.41) is 10.8. The molecule has 1 aliphatic heterocycles. The van der Waals surface area contributed by atoms with E-state index >= 15 is 0 Å². The minimum Gasteiger partial charge on any atom is -0.454 e. The summed E-state index contributed by atoms with van der Waals surface area (Å²) >= 11 is 7.60. The van der Waals surface area contributed by atoms with Crippen molar-refractivity contribution in [3.05, 3.63) is 58.9 Å². The first kappa shape index (κ1) is 19.5. The van der Waals surface area contributed by atoms with Crippen LogP contribution in [0.5, 0.6) is 11.5 Å². The standard InChI is InChI=1S/C21H15ClN6O2S/c22-14-4-2-1-3-12(14)5-6-28-10-25-19(24)18-20(28)27-21(26-18)31-17-8-16-15(29-11-30-16)7-13(17)9-23/h1-4,7-8,10H,5-6,11H2,(H2,24,26,27)/p+1. The molecular formula is C21H16ClN6O2S+. The van der Waals surface area contributed by atoms with Crippen molar-refractivity contribution in [2.24, 2.45) is 0 Å². The molecule has 10 heteroatoms. The molecule has 2 aromatic carbocycles. The number of fused-ring (bicyclic) bond motifs is 2. The minimum atomic E-state index is 0.145. The van der Waals surface area contributed by atoms with Crippen molar-refractivity contribution < 1.29 is 14.0 Å². The number of hydrogen-bond acceptors (Lipinski definition) is 7. The molecule has 0 saturated heterocycles. The first-order valence-electron chi connectivity index (χ1n) is 9.41. The lowest BCUT2D eigenvalue weighted by molar-refractivity contribution is -0.675.